The second-order valence-corrected chi connectivity index (χ2v) is 4.69. The highest BCUT2D eigenvalue weighted by molar-refractivity contribution is 4.84. The first-order valence-corrected chi connectivity index (χ1v) is 6.07. The van der Waals surface area contributed by atoms with Crippen LogP contribution in [0, 0.1) is 11.8 Å². The Morgan fingerprint density at radius 2 is 2.00 bits per heavy atom. The molecule has 84 valence electrons. The summed E-state index contributed by atoms with van der Waals surface area (Å²) < 4.78 is 0. The number of likely N-dealkylation sites (tertiary alicyclic amines) is 1. The number of nitrogens with zero attached hydrogens (tertiary/aromatic N) is 1. The average Bonchev–Trinajstić information content (AvgIpc) is 2.55. The van der Waals surface area contributed by atoms with Crippen molar-refractivity contribution in [1.29, 1.82) is 0 Å². The van der Waals surface area contributed by atoms with Crippen molar-refractivity contribution < 1.29 is 5.11 Å². The summed E-state index contributed by atoms with van der Waals surface area (Å²) in [6.45, 7) is 9.49. The minimum absolute atomic E-state index is 0.335. The molecule has 0 spiro atoms. The molecule has 1 fully saturated rings. The van der Waals surface area contributed by atoms with Gasteiger partial charge in [-0.25, -0.2) is 0 Å². The maximum Gasteiger partial charge on any atom is 0.0589 e. The van der Waals surface area contributed by atoms with Crippen LogP contribution >= 0.6 is 0 Å². The van der Waals surface area contributed by atoms with E-state index in [4.69, 9.17) is 0 Å². The molecule has 0 aliphatic carbocycles. The van der Waals surface area contributed by atoms with Crippen LogP contribution in [-0.2, 0) is 0 Å². The van der Waals surface area contributed by atoms with Crippen LogP contribution in [0.1, 0.15) is 40.0 Å². The first-order chi connectivity index (χ1) is 6.72. The fourth-order valence-corrected chi connectivity index (χ4v) is 2.49. The van der Waals surface area contributed by atoms with Gasteiger partial charge in [-0.15, -0.1) is 0 Å². The Hall–Kier alpha value is -0.0800. The van der Waals surface area contributed by atoms with Crippen molar-refractivity contribution in [2.75, 3.05) is 19.7 Å². The maximum atomic E-state index is 9.32. The van der Waals surface area contributed by atoms with Crippen molar-refractivity contribution in [2.24, 2.45) is 11.8 Å². The molecule has 1 saturated heterocycles. The Kier molecular flexibility index (Phi) is 4.90. The van der Waals surface area contributed by atoms with Gasteiger partial charge in [0.25, 0.3) is 0 Å². The second kappa shape index (κ2) is 5.72. The average molecular weight is 199 g/mol. The van der Waals surface area contributed by atoms with E-state index < -0.39 is 0 Å². The highest BCUT2D eigenvalue weighted by Gasteiger charge is 2.30. The van der Waals surface area contributed by atoms with Crippen molar-refractivity contribution in [3.05, 3.63) is 0 Å². The third-order valence-corrected chi connectivity index (χ3v) is 3.83. The predicted molar refractivity (Wildman–Crippen MR) is 60.3 cm³/mol. The molecule has 2 nitrogen and oxygen atoms in total. The van der Waals surface area contributed by atoms with Crippen LogP contribution < -0.4 is 0 Å². The fourth-order valence-electron chi connectivity index (χ4n) is 2.49. The molecular weight excluding hydrogens is 174 g/mol. The van der Waals surface area contributed by atoms with E-state index in [1.165, 1.54) is 32.4 Å². The van der Waals surface area contributed by atoms with E-state index in [0.717, 1.165) is 5.92 Å². The Bertz CT molecular complexity index is 156. The highest BCUT2D eigenvalue weighted by atomic mass is 16.3. The summed E-state index contributed by atoms with van der Waals surface area (Å²) in [5.74, 6) is 1.49. The van der Waals surface area contributed by atoms with Crippen LogP contribution in [0.25, 0.3) is 0 Å². The van der Waals surface area contributed by atoms with Gasteiger partial charge in [-0.05, 0) is 24.8 Å². The summed E-state index contributed by atoms with van der Waals surface area (Å²) in [5, 5.41) is 9.32. The van der Waals surface area contributed by atoms with Gasteiger partial charge in [0.2, 0.25) is 0 Å². The molecule has 0 amide bonds. The summed E-state index contributed by atoms with van der Waals surface area (Å²) in [5.41, 5.74) is 0. The fraction of sp³-hybridized carbons (Fsp3) is 1.00. The Balaban J connectivity index is 2.43. The van der Waals surface area contributed by atoms with E-state index in [1.807, 2.05) is 0 Å². The minimum Gasteiger partial charge on any atom is -0.395 e. The van der Waals surface area contributed by atoms with Gasteiger partial charge in [-0.2, -0.15) is 0 Å². The predicted octanol–water partition coefficient (Wildman–Crippen LogP) is 2.13. The van der Waals surface area contributed by atoms with Crippen molar-refractivity contribution in [2.45, 2.75) is 46.1 Å². The van der Waals surface area contributed by atoms with Crippen LogP contribution in [0.2, 0.25) is 0 Å². The van der Waals surface area contributed by atoms with Crippen molar-refractivity contribution in [3.8, 4) is 0 Å². The zero-order valence-corrected chi connectivity index (χ0v) is 9.87. The molecule has 2 unspecified atom stereocenters. The topological polar surface area (TPSA) is 23.5 Å². The lowest BCUT2D eigenvalue weighted by atomic mass is 10.0. The van der Waals surface area contributed by atoms with E-state index in [9.17, 15) is 5.11 Å². The summed E-state index contributed by atoms with van der Waals surface area (Å²) in [6.07, 6.45) is 3.78. The van der Waals surface area contributed by atoms with Gasteiger partial charge < -0.3 is 5.11 Å². The van der Waals surface area contributed by atoms with Crippen LogP contribution in [-0.4, -0.2) is 35.7 Å². The van der Waals surface area contributed by atoms with Gasteiger partial charge in [-0.1, -0.05) is 33.6 Å². The number of hydrogen-bond donors (Lipinski definition) is 1. The molecule has 0 aromatic carbocycles. The molecule has 2 heteroatoms. The molecule has 0 aromatic heterocycles. The quantitative estimate of drug-likeness (QED) is 0.733. The SMILES string of the molecule is CCC(CC)CN1CCC(C)C1CO. The number of rotatable bonds is 5. The van der Waals surface area contributed by atoms with Crippen LogP contribution in [0.15, 0.2) is 0 Å². The van der Waals surface area contributed by atoms with Crippen LogP contribution in [0.3, 0.4) is 0 Å². The largest absolute Gasteiger partial charge is 0.395 e. The van der Waals surface area contributed by atoms with Crippen molar-refractivity contribution in [1.82, 2.24) is 4.90 Å². The first kappa shape index (κ1) is 12.0. The Labute approximate surface area is 88.3 Å². The van der Waals surface area contributed by atoms with Crippen molar-refractivity contribution >= 4 is 0 Å². The van der Waals surface area contributed by atoms with Crippen molar-refractivity contribution in [3.63, 3.8) is 0 Å². The summed E-state index contributed by atoms with van der Waals surface area (Å²) in [6, 6.07) is 0.426. The number of aliphatic hydroxyl groups is 1. The molecule has 0 radical (unpaired) electrons. The lowest BCUT2D eigenvalue weighted by Gasteiger charge is -2.28. The normalized spacial score (nSPS) is 28.9. The Morgan fingerprint density at radius 1 is 1.36 bits per heavy atom. The van der Waals surface area contributed by atoms with E-state index in [-0.39, 0.29) is 0 Å². The summed E-state index contributed by atoms with van der Waals surface area (Å²) >= 11 is 0. The van der Waals surface area contributed by atoms with E-state index in [0.29, 0.717) is 18.6 Å². The molecule has 0 bridgehead atoms. The van der Waals surface area contributed by atoms with Crippen LogP contribution in [0.5, 0.6) is 0 Å². The molecule has 1 N–H and O–H groups in total. The zero-order chi connectivity index (χ0) is 10.6. The molecule has 1 rings (SSSR count). The minimum atomic E-state index is 0.335. The molecule has 1 aliphatic rings. The molecular formula is C12H25NO. The molecule has 14 heavy (non-hydrogen) atoms. The smallest absolute Gasteiger partial charge is 0.0589 e. The third kappa shape index (κ3) is 2.71. The number of aliphatic hydroxyl groups excluding tert-OH is 1. The molecule has 2 atom stereocenters. The molecule has 0 aromatic rings. The van der Waals surface area contributed by atoms with Gasteiger partial charge in [0.05, 0.1) is 6.61 Å². The lowest BCUT2D eigenvalue weighted by molar-refractivity contribution is 0.122. The van der Waals surface area contributed by atoms with Gasteiger partial charge in [0, 0.05) is 12.6 Å². The summed E-state index contributed by atoms with van der Waals surface area (Å²) in [7, 11) is 0. The standard InChI is InChI=1S/C12H25NO/c1-4-11(5-2)8-13-7-6-10(3)12(13)9-14/h10-12,14H,4-9H2,1-3H3. The number of hydrogen-bond acceptors (Lipinski definition) is 2. The van der Waals surface area contributed by atoms with Gasteiger partial charge >= 0.3 is 0 Å². The van der Waals surface area contributed by atoms with E-state index in [1.54, 1.807) is 0 Å². The highest BCUT2D eigenvalue weighted by Crippen LogP contribution is 2.25. The van der Waals surface area contributed by atoms with E-state index >= 15 is 0 Å². The second-order valence-electron chi connectivity index (χ2n) is 4.69. The van der Waals surface area contributed by atoms with Crippen LogP contribution in [0.4, 0.5) is 0 Å². The molecule has 1 aliphatic heterocycles. The van der Waals surface area contributed by atoms with Gasteiger partial charge in [0.1, 0.15) is 0 Å². The summed E-state index contributed by atoms with van der Waals surface area (Å²) in [4.78, 5) is 2.49. The van der Waals surface area contributed by atoms with Gasteiger partial charge in [0.15, 0.2) is 0 Å². The maximum absolute atomic E-state index is 9.32. The third-order valence-electron chi connectivity index (χ3n) is 3.83. The zero-order valence-electron chi connectivity index (χ0n) is 9.87. The molecule has 0 saturated carbocycles. The molecule has 1 heterocycles. The monoisotopic (exact) mass is 199 g/mol. The first-order valence-electron chi connectivity index (χ1n) is 6.07. The van der Waals surface area contributed by atoms with Gasteiger partial charge in [-0.3, -0.25) is 4.90 Å². The Morgan fingerprint density at radius 3 is 2.50 bits per heavy atom. The van der Waals surface area contributed by atoms with E-state index in [2.05, 4.69) is 25.7 Å². The lowest BCUT2D eigenvalue weighted by Crippen LogP contribution is -2.38.